The first-order valence-electron chi connectivity index (χ1n) is 19.2. The predicted molar refractivity (Wildman–Crippen MR) is 225 cm³/mol. The van der Waals surface area contributed by atoms with Crippen LogP contribution in [0.4, 0.5) is 21.5 Å². The molecule has 0 fully saturated rings. The van der Waals surface area contributed by atoms with E-state index in [9.17, 15) is 0 Å². The molecule has 1 unspecified atom stereocenters. The maximum absolute atomic E-state index is 15.5. The van der Waals surface area contributed by atoms with Crippen LogP contribution in [0, 0.1) is 12.7 Å². The van der Waals surface area contributed by atoms with E-state index in [0.29, 0.717) is 0 Å². The number of hydrogen-bond acceptors (Lipinski definition) is 1. The number of fused-ring (bicyclic) bond motifs is 13. The van der Waals surface area contributed by atoms with Crippen LogP contribution < -0.4 is 4.90 Å². The molecule has 3 aliphatic rings. The fraction of sp³-hybridized carbons (Fsp3) is 0.0943. The molecule has 0 saturated carbocycles. The molecule has 0 saturated heterocycles. The molecule has 0 N–H and O–H groups in total. The molecule has 1 nitrogen and oxygen atoms in total. The second kappa shape index (κ2) is 11.5. The van der Waals surface area contributed by atoms with E-state index >= 15 is 4.39 Å². The van der Waals surface area contributed by atoms with Crippen molar-refractivity contribution in [2.24, 2.45) is 0 Å². The Hall–Kier alpha value is -6.51. The Labute approximate surface area is 322 Å². The third-order valence-electron chi connectivity index (χ3n) is 12.6. The average Bonchev–Trinajstić information content (AvgIpc) is 3.77. The van der Waals surface area contributed by atoms with Crippen LogP contribution in [0.5, 0.6) is 0 Å². The van der Waals surface area contributed by atoms with Crippen LogP contribution in [0.25, 0.3) is 44.5 Å². The van der Waals surface area contributed by atoms with Gasteiger partial charge >= 0.3 is 0 Å². The van der Waals surface area contributed by atoms with E-state index in [1.807, 2.05) is 6.07 Å². The van der Waals surface area contributed by atoms with E-state index in [0.717, 1.165) is 28.2 Å². The molecule has 0 amide bonds. The summed E-state index contributed by atoms with van der Waals surface area (Å²) in [4.78, 5) is 2.45. The Morgan fingerprint density at radius 2 is 1.00 bits per heavy atom. The van der Waals surface area contributed by atoms with Crippen molar-refractivity contribution in [3.8, 4) is 44.5 Å². The van der Waals surface area contributed by atoms with E-state index in [1.54, 1.807) is 12.1 Å². The Balaban J connectivity index is 1.19. The zero-order chi connectivity index (χ0) is 37.1. The van der Waals surface area contributed by atoms with Gasteiger partial charge in [-0.05, 0) is 122 Å². The number of aryl methyl sites for hydroxylation is 1. The van der Waals surface area contributed by atoms with Gasteiger partial charge in [0.15, 0.2) is 0 Å². The van der Waals surface area contributed by atoms with Gasteiger partial charge in [-0.3, -0.25) is 0 Å². The minimum absolute atomic E-state index is 0.154. The molecule has 0 radical (unpaired) electrons. The van der Waals surface area contributed by atoms with Gasteiger partial charge in [0.05, 0.1) is 11.1 Å². The molecular weight excluding hydrogens is 670 g/mol. The van der Waals surface area contributed by atoms with Crippen molar-refractivity contribution in [3.05, 3.63) is 221 Å². The molecule has 0 heterocycles. The van der Waals surface area contributed by atoms with Crippen molar-refractivity contribution in [1.82, 2.24) is 0 Å². The first-order valence-corrected chi connectivity index (χ1v) is 19.2. The summed E-state index contributed by atoms with van der Waals surface area (Å²) in [6.07, 6.45) is 0. The molecule has 262 valence electrons. The fourth-order valence-corrected chi connectivity index (χ4v) is 10.2. The summed E-state index contributed by atoms with van der Waals surface area (Å²) in [6.45, 7) is 6.84. The Morgan fingerprint density at radius 1 is 0.418 bits per heavy atom. The van der Waals surface area contributed by atoms with E-state index in [-0.39, 0.29) is 11.2 Å². The highest BCUT2D eigenvalue weighted by atomic mass is 19.1. The molecule has 1 spiro atoms. The molecule has 55 heavy (non-hydrogen) atoms. The lowest BCUT2D eigenvalue weighted by molar-refractivity contribution is 0.622. The molecule has 0 aliphatic heterocycles. The maximum Gasteiger partial charge on any atom is 0.123 e. The van der Waals surface area contributed by atoms with E-state index in [4.69, 9.17) is 0 Å². The van der Waals surface area contributed by atoms with Gasteiger partial charge in [-0.1, -0.05) is 153 Å². The van der Waals surface area contributed by atoms with Gasteiger partial charge in [-0.25, -0.2) is 4.39 Å². The van der Waals surface area contributed by atoms with Gasteiger partial charge in [0.1, 0.15) is 5.82 Å². The number of hydrogen-bond donors (Lipinski definition) is 0. The second-order valence-corrected chi connectivity index (χ2v) is 15.9. The standard InChI is InChI=1S/C53H38FN/c1-33-20-27-41-42-28-23-36(54)31-49(42)53(48(41)30-33)45-17-10-8-15-43(45)51-46(53)18-11-19-50(51)55(37-24-21-35(22-25-37)34-12-5-4-6-13-34)38-26-29-40-39-14-7-9-16-44(39)52(2,3)47(40)32-38/h4-32H,1-3H3. The molecule has 1 atom stereocenters. The van der Waals surface area contributed by atoms with Crippen LogP contribution in [0.15, 0.2) is 176 Å². The third-order valence-corrected chi connectivity index (χ3v) is 12.6. The largest absolute Gasteiger partial charge is 0.310 e. The van der Waals surface area contributed by atoms with Crippen molar-refractivity contribution in [2.45, 2.75) is 31.6 Å². The summed E-state index contributed by atoms with van der Waals surface area (Å²) >= 11 is 0. The van der Waals surface area contributed by atoms with Gasteiger partial charge in [-0.15, -0.1) is 0 Å². The lowest BCUT2D eigenvalue weighted by Gasteiger charge is -2.32. The quantitative estimate of drug-likeness (QED) is 0.176. The van der Waals surface area contributed by atoms with Gasteiger partial charge in [0.2, 0.25) is 0 Å². The minimum Gasteiger partial charge on any atom is -0.310 e. The monoisotopic (exact) mass is 707 g/mol. The molecule has 0 bridgehead atoms. The van der Waals surface area contributed by atoms with Crippen molar-refractivity contribution in [3.63, 3.8) is 0 Å². The SMILES string of the molecule is Cc1ccc2c(c1)C1(c3cc(F)ccc3-2)c2ccccc2-c2c(N(c3ccc(-c4ccccc4)cc3)c3ccc4c(c3)C(C)(C)c3ccccc3-4)cccc21. The Morgan fingerprint density at radius 3 is 1.80 bits per heavy atom. The normalized spacial score (nSPS) is 16.2. The molecule has 8 aromatic rings. The van der Waals surface area contributed by atoms with Gasteiger partial charge in [-0.2, -0.15) is 0 Å². The van der Waals surface area contributed by atoms with Gasteiger partial charge in [0.25, 0.3) is 0 Å². The van der Waals surface area contributed by atoms with Crippen molar-refractivity contribution in [1.29, 1.82) is 0 Å². The summed E-state index contributed by atoms with van der Waals surface area (Å²) in [7, 11) is 0. The van der Waals surface area contributed by atoms with Crippen molar-refractivity contribution < 1.29 is 4.39 Å². The molecule has 8 aromatic carbocycles. The summed E-state index contributed by atoms with van der Waals surface area (Å²) in [5.41, 5.74) is 20.5. The van der Waals surface area contributed by atoms with Crippen molar-refractivity contribution >= 4 is 17.1 Å². The predicted octanol–water partition coefficient (Wildman–Crippen LogP) is 13.9. The number of benzene rings is 8. The highest BCUT2D eigenvalue weighted by Gasteiger charge is 2.52. The topological polar surface area (TPSA) is 3.24 Å². The molecular formula is C53H38FN. The van der Waals surface area contributed by atoms with Crippen LogP contribution in [-0.4, -0.2) is 0 Å². The lowest BCUT2D eigenvalue weighted by Crippen LogP contribution is -2.26. The summed E-state index contributed by atoms with van der Waals surface area (Å²) in [6, 6.07) is 63.0. The Kier molecular flexibility index (Phi) is 6.68. The number of nitrogens with zero attached hydrogens (tertiary/aromatic N) is 1. The average molecular weight is 708 g/mol. The lowest BCUT2D eigenvalue weighted by atomic mass is 9.70. The molecule has 2 heteroatoms. The van der Waals surface area contributed by atoms with Crippen LogP contribution in [0.2, 0.25) is 0 Å². The van der Waals surface area contributed by atoms with Crippen LogP contribution in [-0.2, 0) is 10.8 Å². The van der Waals surface area contributed by atoms with Gasteiger partial charge in [0, 0.05) is 22.4 Å². The molecule has 11 rings (SSSR count). The fourth-order valence-electron chi connectivity index (χ4n) is 10.2. The first-order chi connectivity index (χ1) is 26.9. The number of halogens is 1. The van der Waals surface area contributed by atoms with Crippen LogP contribution in [0.1, 0.15) is 52.8 Å². The highest BCUT2D eigenvalue weighted by Crippen LogP contribution is 2.65. The summed E-state index contributed by atoms with van der Waals surface area (Å²) < 4.78 is 15.5. The summed E-state index contributed by atoms with van der Waals surface area (Å²) in [5.74, 6) is -0.216. The summed E-state index contributed by atoms with van der Waals surface area (Å²) in [5, 5.41) is 0. The first kappa shape index (κ1) is 32.0. The number of rotatable bonds is 4. The Bertz CT molecular complexity index is 2810. The minimum atomic E-state index is -0.662. The number of anilines is 3. The maximum atomic E-state index is 15.5. The van der Waals surface area contributed by atoms with E-state index in [2.05, 4.69) is 183 Å². The van der Waals surface area contributed by atoms with E-state index < -0.39 is 5.41 Å². The van der Waals surface area contributed by atoms with Gasteiger partial charge < -0.3 is 4.90 Å². The molecule has 3 aliphatic carbocycles. The third kappa shape index (κ3) is 4.34. The van der Waals surface area contributed by atoms with Crippen molar-refractivity contribution in [2.75, 3.05) is 4.90 Å². The highest BCUT2D eigenvalue weighted by molar-refractivity contribution is 6.01. The smallest absolute Gasteiger partial charge is 0.123 e. The van der Waals surface area contributed by atoms with Crippen LogP contribution in [0.3, 0.4) is 0 Å². The van der Waals surface area contributed by atoms with Crippen LogP contribution >= 0.6 is 0 Å². The molecule has 0 aromatic heterocycles. The second-order valence-electron chi connectivity index (χ2n) is 15.9. The zero-order valence-electron chi connectivity index (χ0n) is 31.1. The zero-order valence-corrected chi connectivity index (χ0v) is 31.1. The van der Waals surface area contributed by atoms with E-state index in [1.165, 1.54) is 72.3 Å².